The fourth-order valence-corrected chi connectivity index (χ4v) is 2.24. The summed E-state index contributed by atoms with van der Waals surface area (Å²) in [5.74, 6) is 0.0717. The predicted octanol–water partition coefficient (Wildman–Crippen LogP) is -0.0477. The van der Waals surface area contributed by atoms with Gasteiger partial charge in [-0.3, -0.25) is 9.69 Å². The normalized spacial score (nSPS) is 22.1. The first-order chi connectivity index (χ1) is 8.27. The fraction of sp³-hybridized carbons (Fsp3) is 0.917. The van der Waals surface area contributed by atoms with Crippen LogP contribution in [-0.4, -0.2) is 56.7 Å². The number of rotatable bonds is 6. The van der Waals surface area contributed by atoms with Crippen LogP contribution < -0.4 is 11.1 Å². The summed E-state index contributed by atoms with van der Waals surface area (Å²) in [6.45, 7) is 3.24. The third-order valence-electron chi connectivity index (χ3n) is 3.25. The maximum atomic E-state index is 11.7. The minimum atomic E-state index is 0.0717. The molecule has 1 saturated heterocycles. The monoisotopic (exact) mass is 243 g/mol. The molecule has 17 heavy (non-hydrogen) atoms. The van der Waals surface area contributed by atoms with Crippen LogP contribution in [0.2, 0.25) is 0 Å². The first-order valence-electron chi connectivity index (χ1n) is 6.47. The smallest absolute Gasteiger partial charge is 0.234 e. The van der Waals surface area contributed by atoms with Crippen LogP contribution in [0.5, 0.6) is 0 Å². The zero-order valence-corrected chi connectivity index (χ0v) is 10.8. The molecule has 1 fully saturated rings. The number of methoxy groups -OCH3 is 1. The van der Waals surface area contributed by atoms with Gasteiger partial charge in [0, 0.05) is 26.2 Å². The van der Waals surface area contributed by atoms with Crippen molar-refractivity contribution in [3.63, 3.8) is 0 Å². The first-order valence-corrected chi connectivity index (χ1v) is 6.47. The van der Waals surface area contributed by atoms with E-state index in [4.69, 9.17) is 10.5 Å². The second-order valence-corrected chi connectivity index (χ2v) is 4.55. The Balaban J connectivity index is 2.32. The highest BCUT2D eigenvalue weighted by molar-refractivity contribution is 5.78. The maximum absolute atomic E-state index is 11.7. The van der Waals surface area contributed by atoms with Gasteiger partial charge in [0.2, 0.25) is 5.91 Å². The topological polar surface area (TPSA) is 67.6 Å². The molecule has 100 valence electrons. The summed E-state index contributed by atoms with van der Waals surface area (Å²) in [6.07, 6.45) is 4.76. The lowest BCUT2D eigenvalue weighted by molar-refractivity contribution is -0.122. The Kier molecular flexibility index (Phi) is 7.16. The Labute approximate surface area is 104 Å². The van der Waals surface area contributed by atoms with Crippen molar-refractivity contribution in [1.29, 1.82) is 0 Å². The molecule has 0 saturated carbocycles. The summed E-state index contributed by atoms with van der Waals surface area (Å²) in [4.78, 5) is 13.9. The van der Waals surface area contributed by atoms with E-state index in [1.165, 1.54) is 19.3 Å². The molecule has 0 aromatic carbocycles. The van der Waals surface area contributed by atoms with Crippen molar-refractivity contribution < 1.29 is 9.53 Å². The molecule has 1 rings (SSSR count). The first kappa shape index (κ1) is 14.4. The molecule has 1 unspecified atom stereocenters. The quantitative estimate of drug-likeness (QED) is 0.642. The average molecular weight is 243 g/mol. The summed E-state index contributed by atoms with van der Waals surface area (Å²) < 4.78 is 4.90. The van der Waals surface area contributed by atoms with Crippen LogP contribution in [0, 0.1) is 0 Å². The Bertz CT molecular complexity index is 224. The summed E-state index contributed by atoms with van der Waals surface area (Å²) >= 11 is 0. The molecule has 0 aliphatic carbocycles. The Morgan fingerprint density at radius 3 is 3.00 bits per heavy atom. The van der Waals surface area contributed by atoms with Gasteiger partial charge < -0.3 is 15.8 Å². The van der Waals surface area contributed by atoms with Gasteiger partial charge in [0.05, 0.1) is 13.2 Å². The Hall–Kier alpha value is -0.650. The predicted molar refractivity (Wildman–Crippen MR) is 67.8 cm³/mol. The van der Waals surface area contributed by atoms with Gasteiger partial charge in [-0.2, -0.15) is 0 Å². The number of nitrogens with one attached hydrogen (secondary N) is 1. The molecule has 3 N–H and O–H groups in total. The number of carbonyl (C=O) groups is 1. The van der Waals surface area contributed by atoms with E-state index >= 15 is 0 Å². The number of hydrogen-bond donors (Lipinski definition) is 2. The number of ether oxygens (including phenoxy) is 1. The second kappa shape index (κ2) is 8.44. The molecule has 0 aromatic rings. The zero-order valence-electron chi connectivity index (χ0n) is 10.8. The zero-order chi connectivity index (χ0) is 12.5. The molecular formula is C12H25N3O2. The van der Waals surface area contributed by atoms with Crippen LogP contribution in [0.1, 0.15) is 25.7 Å². The summed E-state index contributed by atoms with van der Waals surface area (Å²) in [5.41, 5.74) is 5.77. The van der Waals surface area contributed by atoms with E-state index in [-0.39, 0.29) is 5.91 Å². The van der Waals surface area contributed by atoms with Crippen molar-refractivity contribution in [2.75, 3.05) is 39.9 Å². The van der Waals surface area contributed by atoms with E-state index in [1.807, 2.05) is 0 Å². The van der Waals surface area contributed by atoms with Crippen LogP contribution in [0.4, 0.5) is 0 Å². The van der Waals surface area contributed by atoms with E-state index in [2.05, 4.69) is 10.2 Å². The molecule has 0 spiro atoms. The van der Waals surface area contributed by atoms with Crippen molar-refractivity contribution in [3.05, 3.63) is 0 Å². The molecular weight excluding hydrogens is 218 g/mol. The number of nitrogens with zero attached hydrogens (tertiary/aromatic N) is 1. The van der Waals surface area contributed by atoms with Gasteiger partial charge >= 0.3 is 0 Å². The van der Waals surface area contributed by atoms with Crippen LogP contribution in [0.25, 0.3) is 0 Å². The van der Waals surface area contributed by atoms with Crippen LogP contribution in [0.3, 0.4) is 0 Å². The number of nitrogens with two attached hydrogens (primary N) is 1. The lowest BCUT2D eigenvalue weighted by atomic mass is 10.1. The van der Waals surface area contributed by atoms with E-state index in [0.717, 1.165) is 13.0 Å². The number of hydrogen-bond acceptors (Lipinski definition) is 4. The van der Waals surface area contributed by atoms with E-state index in [9.17, 15) is 4.79 Å². The molecule has 1 atom stereocenters. The number of amides is 1. The number of likely N-dealkylation sites (tertiary alicyclic amines) is 1. The van der Waals surface area contributed by atoms with E-state index in [0.29, 0.717) is 32.3 Å². The van der Waals surface area contributed by atoms with Crippen molar-refractivity contribution in [3.8, 4) is 0 Å². The summed E-state index contributed by atoms with van der Waals surface area (Å²) in [6, 6.07) is 0.366. The SMILES string of the molecule is COCCNC(=O)CN1CCCCCC1CN. The summed E-state index contributed by atoms with van der Waals surface area (Å²) in [5, 5.41) is 2.85. The van der Waals surface area contributed by atoms with Crippen molar-refractivity contribution >= 4 is 5.91 Å². The highest BCUT2D eigenvalue weighted by Crippen LogP contribution is 2.15. The maximum Gasteiger partial charge on any atom is 0.234 e. The molecule has 0 bridgehead atoms. The lowest BCUT2D eigenvalue weighted by Gasteiger charge is -2.28. The van der Waals surface area contributed by atoms with Gasteiger partial charge in [-0.1, -0.05) is 12.8 Å². The van der Waals surface area contributed by atoms with Gasteiger partial charge in [0.1, 0.15) is 0 Å². The number of carbonyl (C=O) groups excluding carboxylic acids is 1. The van der Waals surface area contributed by atoms with Gasteiger partial charge in [-0.25, -0.2) is 0 Å². The molecule has 1 amide bonds. The highest BCUT2D eigenvalue weighted by atomic mass is 16.5. The van der Waals surface area contributed by atoms with Gasteiger partial charge in [-0.05, 0) is 19.4 Å². The highest BCUT2D eigenvalue weighted by Gasteiger charge is 2.21. The minimum Gasteiger partial charge on any atom is -0.383 e. The molecule has 1 heterocycles. The van der Waals surface area contributed by atoms with Gasteiger partial charge in [-0.15, -0.1) is 0 Å². The van der Waals surface area contributed by atoms with Crippen LogP contribution >= 0.6 is 0 Å². The van der Waals surface area contributed by atoms with Crippen LogP contribution in [-0.2, 0) is 9.53 Å². The standard InChI is InChI=1S/C12H25N3O2/c1-17-8-6-14-12(16)10-15-7-4-2-3-5-11(15)9-13/h11H,2-10,13H2,1H3,(H,14,16). The molecule has 0 radical (unpaired) electrons. The molecule has 0 aromatic heterocycles. The third kappa shape index (κ3) is 5.48. The molecule has 1 aliphatic heterocycles. The Morgan fingerprint density at radius 1 is 1.47 bits per heavy atom. The summed E-state index contributed by atoms with van der Waals surface area (Å²) in [7, 11) is 1.63. The minimum absolute atomic E-state index is 0.0717. The van der Waals surface area contributed by atoms with Crippen molar-refractivity contribution in [2.24, 2.45) is 5.73 Å². The molecule has 5 nitrogen and oxygen atoms in total. The van der Waals surface area contributed by atoms with Crippen LogP contribution in [0.15, 0.2) is 0 Å². The van der Waals surface area contributed by atoms with Gasteiger partial charge in [0.15, 0.2) is 0 Å². The molecule has 5 heteroatoms. The average Bonchev–Trinajstić information content (AvgIpc) is 2.54. The lowest BCUT2D eigenvalue weighted by Crippen LogP contribution is -2.46. The fourth-order valence-electron chi connectivity index (χ4n) is 2.24. The van der Waals surface area contributed by atoms with Crippen molar-refractivity contribution in [2.45, 2.75) is 31.7 Å². The third-order valence-corrected chi connectivity index (χ3v) is 3.25. The van der Waals surface area contributed by atoms with E-state index < -0.39 is 0 Å². The Morgan fingerprint density at radius 2 is 2.29 bits per heavy atom. The van der Waals surface area contributed by atoms with Gasteiger partial charge in [0.25, 0.3) is 0 Å². The van der Waals surface area contributed by atoms with E-state index in [1.54, 1.807) is 7.11 Å². The largest absolute Gasteiger partial charge is 0.383 e. The second-order valence-electron chi connectivity index (χ2n) is 4.55. The molecule has 1 aliphatic rings. The van der Waals surface area contributed by atoms with Crippen molar-refractivity contribution in [1.82, 2.24) is 10.2 Å².